The minimum absolute atomic E-state index is 0.0734. The van der Waals surface area contributed by atoms with Crippen LogP contribution in [0.5, 0.6) is 5.75 Å². The van der Waals surface area contributed by atoms with Gasteiger partial charge < -0.3 is 26.0 Å². The number of carbonyl (C=O) groups is 2. The zero-order chi connectivity index (χ0) is 21.1. The lowest BCUT2D eigenvalue weighted by Gasteiger charge is -2.11. The maximum Gasteiger partial charge on any atom is 0.319 e. The molecule has 4 N–H and O–H groups in total. The summed E-state index contributed by atoms with van der Waals surface area (Å²) in [5.74, 6) is 0.833. The van der Waals surface area contributed by atoms with E-state index in [1.807, 2.05) is 50.2 Å². The molecule has 0 saturated heterocycles. The first-order chi connectivity index (χ1) is 14.0. The smallest absolute Gasteiger partial charge is 0.319 e. The first-order valence-electron chi connectivity index (χ1n) is 9.86. The van der Waals surface area contributed by atoms with E-state index >= 15 is 0 Å². The van der Waals surface area contributed by atoms with E-state index in [1.165, 1.54) is 0 Å². The molecule has 0 bridgehead atoms. The van der Waals surface area contributed by atoms with Crippen molar-refractivity contribution in [1.82, 2.24) is 16.0 Å². The van der Waals surface area contributed by atoms with Crippen molar-refractivity contribution in [3.8, 4) is 5.75 Å². The fraction of sp³-hybridized carbons (Fsp3) is 0.364. The van der Waals surface area contributed by atoms with Gasteiger partial charge >= 0.3 is 12.1 Å². The molecule has 156 valence electrons. The van der Waals surface area contributed by atoms with E-state index in [0.29, 0.717) is 25.4 Å². The first kappa shape index (κ1) is 22.1. The van der Waals surface area contributed by atoms with Gasteiger partial charge in [-0.2, -0.15) is 0 Å². The molecule has 0 aliphatic carbocycles. The van der Waals surface area contributed by atoms with Crippen molar-refractivity contribution in [1.29, 1.82) is 0 Å². The van der Waals surface area contributed by atoms with E-state index in [4.69, 9.17) is 4.74 Å². The Bertz CT molecular complexity index is 774. The molecule has 0 atom stereocenters. The van der Waals surface area contributed by atoms with Crippen LogP contribution in [0.25, 0.3) is 0 Å². The molecule has 7 heteroatoms. The lowest BCUT2D eigenvalue weighted by molar-refractivity contribution is 0.240. The van der Waals surface area contributed by atoms with Crippen molar-refractivity contribution >= 4 is 17.7 Å². The first-order valence-corrected chi connectivity index (χ1v) is 9.86. The van der Waals surface area contributed by atoms with Crippen LogP contribution >= 0.6 is 0 Å². The van der Waals surface area contributed by atoms with Crippen LogP contribution in [0.2, 0.25) is 0 Å². The Morgan fingerprint density at radius 1 is 0.862 bits per heavy atom. The Morgan fingerprint density at radius 2 is 1.41 bits per heavy atom. The molecule has 0 aliphatic rings. The van der Waals surface area contributed by atoms with Crippen LogP contribution in [0.3, 0.4) is 0 Å². The van der Waals surface area contributed by atoms with Crippen molar-refractivity contribution in [2.75, 3.05) is 11.9 Å². The number of carbonyl (C=O) groups excluding carboxylic acids is 2. The number of hydrogen-bond donors (Lipinski definition) is 4. The van der Waals surface area contributed by atoms with E-state index in [0.717, 1.165) is 23.3 Å². The van der Waals surface area contributed by atoms with Crippen molar-refractivity contribution in [3.05, 3.63) is 59.7 Å². The lowest BCUT2D eigenvalue weighted by atomic mass is 10.2. The Kier molecular flexibility index (Phi) is 8.82. The third-order valence-corrected chi connectivity index (χ3v) is 3.93. The topological polar surface area (TPSA) is 91.5 Å². The van der Waals surface area contributed by atoms with E-state index in [9.17, 15) is 9.59 Å². The van der Waals surface area contributed by atoms with Gasteiger partial charge in [0.15, 0.2) is 0 Å². The van der Waals surface area contributed by atoms with Crippen molar-refractivity contribution in [2.45, 2.75) is 46.3 Å². The Hall–Kier alpha value is -3.22. The predicted octanol–water partition coefficient (Wildman–Crippen LogP) is 4.00. The van der Waals surface area contributed by atoms with Crippen molar-refractivity contribution < 1.29 is 14.3 Å². The van der Waals surface area contributed by atoms with Crippen LogP contribution in [-0.2, 0) is 13.1 Å². The van der Waals surface area contributed by atoms with Gasteiger partial charge in [0, 0.05) is 24.8 Å². The molecule has 2 aromatic carbocycles. The Morgan fingerprint density at radius 3 is 1.93 bits per heavy atom. The summed E-state index contributed by atoms with van der Waals surface area (Å²) in [5, 5.41) is 11.2. The number of urea groups is 2. The largest absolute Gasteiger partial charge is 0.494 e. The van der Waals surface area contributed by atoms with Gasteiger partial charge in [0.25, 0.3) is 0 Å². The highest BCUT2D eigenvalue weighted by atomic mass is 16.5. The van der Waals surface area contributed by atoms with Gasteiger partial charge in [0.2, 0.25) is 0 Å². The van der Waals surface area contributed by atoms with Gasteiger partial charge in [-0.05, 0) is 55.7 Å². The van der Waals surface area contributed by atoms with Gasteiger partial charge in [-0.25, -0.2) is 9.59 Å². The molecule has 0 radical (unpaired) electrons. The number of rotatable bonds is 9. The average molecular weight is 399 g/mol. The van der Waals surface area contributed by atoms with Crippen LogP contribution in [0.4, 0.5) is 15.3 Å². The highest BCUT2D eigenvalue weighted by molar-refractivity contribution is 5.89. The third-order valence-electron chi connectivity index (χ3n) is 3.93. The molecular weight excluding hydrogens is 368 g/mol. The highest BCUT2D eigenvalue weighted by Crippen LogP contribution is 2.12. The summed E-state index contributed by atoms with van der Waals surface area (Å²) in [4.78, 5) is 23.7. The summed E-state index contributed by atoms with van der Waals surface area (Å²) < 4.78 is 5.54. The van der Waals surface area contributed by atoms with E-state index in [2.05, 4.69) is 28.2 Å². The van der Waals surface area contributed by atoms with Gasteiger partial charge in [-0.1, -0.05) is 31.2 Å². The average Bonchev–Trinajstić information content (AvgIpc) is 2.70. The summed E-state index contributed by atoms with van der Waals surface area (Å²) in [5.41, 5.74) is 2.63. The van der Waals surface area contributed by atoms with E-state index < -0.39 is 0 Å². The fourth-order valence-corrected chi connectivity index (χ4v) is 2.49. The number of nitrogens with one attached hydrogen (secondary N) is 4. The number of amides is 4. The molecule has 7 nitrogen and oxygen atoms in total. The molecule has 0 heterocycles. The second-order valence-corrected chi connectivity index (χ2v) is 6.98. The molecule has 0 spiro atoms. The maximum absolute atomic E-state index is 12.0. The number of benzene rings is 2. The van der Waals surface area contributed by atoms with Gasteiger partial charge in [0.1, 0.15) is 5.75 Å². The normalized spacial score (nSPS) is 10.3. The SMILES string of the molecule is CCCOc1ccc(CNC(=O)NCc2ccc(NC(=O)NC(C)C)cc2)cc1. The minimum Gasteiger partial charge on any atom is -0.494 e. The summed E-state index contributed by atoms with van der Waals surface area (Å²) in [7, 11) is 0. The van der Waals surface area contributed by atoms with Crippen molar-refractivity contribution in [2.24, 2.45) is 0 Å². The minimum atomic E-state index is -0.241. The zero-order valence-corrected chi connectivity index (χ0v) is 17.2. The molecule has 0 saturated carbocycles. The van der Waals surface area contributed by atoms with Crippen LogP contribution in [0, 0.1) is 0 Å². The molecule has 2 rings (SSSR count). The van der Waals surface area contributed by atoms with E-state index in [-0.39, 0.29) is 18.1 Å². The van der Waals surface area contributed by atoms with Crippen molar-refractivity contribution in [3.63, 3.8) is 0 Å². The Labute approximate surface area is 172 Å². The number of anilines is 1. The lowest BCUT2D eigenvalue weighted by Crippen LogP contribution is -2.34. The molecule has 2 aromatic rings. The number of ether oxygens (including phenoxy) is 1. The van der Waals surface area contributed by atoms with Gasteiger partial charge in [-0.3, -0.25) is 0 Å². The van der Waals surface area contributed by atoms with Gasteiger partial charge in [-0.15, -0.1) is 0 Å². The maximum atomic E-state index is 12.0. The highest BCUT2D eigenvalue weighted by Gasteiger charge is 2.04. The fourth-order valence-electron chi connectivity index (χ4n) is 2.49. The standard InChI is InChI=1S/C22H30N4O3/c1-4-13-29-20-11-7-18(8-12-20)15-24-21(27)23-14-17-5-9-19(10-6-17)26-22(28)25-16(2)3/h5-12,16H,4,13-15H2,1-3H3,(H2,23,24,27)(H2,25,26,28). The molecule has 0 fully saturated rings. The summed E-state index contributed by atoms with van der Waals surface area (Å²) in [6.07, 6.45) is 0.968. The molecule has 29 heavy (non-hydrogen) atoms. The Balaban J connectivity index is 1.71. The van der Waals surface area contributed by atoms with Crippen LogP contribution in [0.15, 0.2) is 48.5 Å². The molecule has 0 unspecified atom stereocenters. The summed E-state index contributed by atoms with van der Waals surface area (Å²) in [6, 6.07) is 14.6. The van der Waals surface area contributed by atoms with Crippen LogP contribution < -0.4 is 26.0 Å². The molecular formula is C22H30N4O3. The zero-order valence-electron chi connectivity index (χ0n) is 17.2. The second-order valence-electron chi connectivity index (χ2n) is 6.98. The summed E-state index contributed by atoms with van der Waals surface area (Å²) in [6.45, 7) is 7.39. The molecule has 0 aromatic heterocycles. The van der Waals surface area contributed by atoms with Crippen LogP contribution in [-0.4, -0.2) is 24.7 Å². The molecule has 4 amide bonds. The summed E-state index contributed by atoms with van der Waals surface area (Å²) >= 11 is 0. The number of hydrogen-bond acceptors (Lipinski definition) is 3. The van der Waals surface area contributed by atoms with Gasteiger partial charge in [0.05, 0.1) is 6.61 Å². The van der Waals surface area contributed by atoms with Crippen LogP contribution in [0.1, 0.15) is 38.3 Å². The van der Waals surface area contributed by atoms with E-state index in [1.54, 1.807) is 12.1 Å². The second kappa shape index (κ2) is 11.6. The quantitative estimate of drug-likeness (QED) is 0.514. The third kappa shape index (κ3) is 8.55. The predicted molar refractivity (Wildman–Crippen MR) is 115 cm³/mol. The molecule has 0 aliphatic heterocycles. The monoisotopic (exact) mass is 398 g/mol.